The summed E-state index contributed by atoms with van der Waals surface area (Å²) in [6.07, 6.45) is 10.8. The van der Waals surface area contributed by atoms with Crippen LogP contribution in [0, 0.1) is 23.2 Å². The van der Waals surface area contributed by atoms with Gasteiger partial charge in [-0.05, 0) is 43.8 Å². The molecule has 30 heavy (non-hydrogen) atoms. The third kappa shape index (κ3) is 6.97. The lowest BCUT2D eigenvalue weighted by Crippen LogP contribution is -2.44. The van der Waals surface area contributed by atoms with Crippen molar-refractivity contribution < 1.29 is 19.1 Å². The Labute approximate surface area is 184 Å². The average Bonchev–Trinajstić information content (AvgIpc) is 2.94. The monoisotopic (exact) mass is 432 g/mol. The first kappa shape index (κ1) is 26.4. The summed E-state index contributed by atoms with van der Waals surface area (Å²) in [6, 6.07) is 0. The topological polar surface area (TPSA) is 55.8 Å². The predicted octanol–water partition coefficient (Wildman–Crippen LogP) is 5.41. The van der Waals surface area contributed by atoms with Crippen molar-refractivity contribution in [1.82, 2.24) is 0 Å². The maximum Gasteiger partial charge on any atom is 0.384 e. The third-order valence-electron chi connectivity index (χ3n) is 6.38. The molecule has 0 aromatic carbocycles. The van der Waals surface area contributed by atoms with Crippen molar-refractivity contribution in [1.29, 1.82) is 0 Å². The molecular weight excluding hydrogens is 392 g/mol. The van der Waals surface area contributed by atoms with Crippen LogP contribution in [0.3, 0.4) is 0 Å². The Morgan fingerprint density at radius 2 is 2.03 bits per heavy atom. The summed E-state index contributed by atoms with van der Waals surface area (Å²) in [5.41, 5.74) is 0.562. The summed E-state index contributed by atoms with van der Waals surface area (Å²) in [4.78, 5) is 11.4. The summed E-state index contributed by atoms with van der Waals surface area (Å²) in [5.74, 6) is 4.76. The lowest BCUT2D eigenvalue weighted by Gasteiger charge is -2.39. The highest BCUT2D eigenvalue weighted by molar-refractivity contribution is 6.74. The Balaban J connectivity index is 3.19. The van der Waals surface area contributed by atoms with E-state index in [1.165, 1.54) is 7.11 Å². The van der Waals surface area contributed by atoms with Gasteiger partial charge in [0, 0.05) is 11.3 Å². The molecular formula is C25H40O4Si. The van der Waals surface area contributed by atoms with Gasteiger partial charge in [-0.2, -0.15) is 0 Å². The molecule has 0 spiro atoms. The number of rotatable bonds is 7. The quantitative estimate of drug-likeness (QED) is 0.146. The van der Waals surface area contributed by atoms with Crippen molar-refractivity contribution in [2.45, 2.75) is 84.7 Å². The first-order valence-corrected chi connectivity index (χ1v) is 13.6. The summed E-state index contributed by atoms with van der Waals surface area (Å²) >= 11 is 0. The standard InChI is InChI=1S/C25H40O4Si/c1-10-11-12-13-19(2)16-20-17-21(29-30(8,9)24(3,4)5)18-25(20,6)22(26)14-15-23(27)28-7/h10-13,17,19,21-22,26H,16,18H2,1-9H3/b11-10+,13-12+/t19-,21+,22?,25+/m1/s1. The number of ether oxygens (including phenoxy) is 1. The first-order valence-electron chi connectivity index (χ1n) is 10.7. The molecule has 168 valence electrons. The minimum atomic E-state index is -1.96. The smallest absolute Gasteiger partial charge is 0.384 e. The Bertz CT molecular complexity index is 745. The molecule has 0 heterocycles. The molecule has 0 saturated carbocycles. The average molecular weight is 433 g/mol. The number of hydrogen-bond acceptors (Lipinski definition) is 4. The zero-order valence-electron chi connectivity index (χ0n) is 20.2. The van der Waals surface area contributed by atoms with Crippen LogP contribution < -0.4 is 0 Å². The molecule has 0 aliphatic heterocycles. The van der Waals surface area contributed by atoms with Crippen LogP contribution in [0.25, 0.3) is 0 Å². The van der Waals surface area contributed by atoms with E-state index in [4.69, 9.17) is 4.43 Å². The van der Waals surface area contributed by atoms with Crippen LogP contribution >= 0.6 is 0 Å². The van der Waals surface area contributed by atoms with Crippen LogP contribution in [0.2, 0.25) is 18.1 Å². The van der Waals surface area contributed by atoms with Gasteiger partial charge in [-0.25, -0.2) is 4.79 Å². The lowest BCUT2D eigenvalue weighted by atomic mass is 9.75. The van der Waals surface area contributed by atoms with Gasteiger partial charge in [0.05, 0.1) is 13.2 Å². The van der Waals surface area contributed by atoms with Crippen molar-refractivity contribution in [2.75, 3.05) is 7.11 Å². The van der Waals surface area contributed by atoms with Gasteiger partial charge in [0.25, 0.3) is 0 Å². The molecule has 4 nitrogen and oxygen atoms in total. The molecule has 1 rings (SSSR count). The van der Waals surface area contributed by atoms with Gasteiger partial charge in [0.1, 0.15) is 6.10 Å². The highest BCUT2D eigenvalue weighted by atomic mass is 28.4. The van der Waals surface area contributed by atoms with Gasteiger partial charge in [-0.3, -0.25) is 0 Å². The molecule has 0 bridgehead atoms. The fourth-order valence-electron chi connectivity index (χ4n) is 3.36. The predicted molar refractivity (Wildman–Crippen MR) is 126 cm³/mol. The Morgan fingerprint density at radius 1 is 1.40 bits per heavy atom. The molecule has 5 heteroatoms. The van der Waals surface area contributed by atoms with Gasteiger partial charge < -0.3 is 14.3 Å². The van der Waals surface area contributed by atoms with E-state index in [9.17, 15) is 9.90 Å². The number of esters is 1. The molecule has 0 saturated heterocycles. The number of aliphatic hydroxyl groups is 1. The minimum Gasteiger partial charge on any atom is -0.459 e. The molecule has 0 aromatic heterocycles. The zero-order valence-corrected chi connectivity index (χ0v) is 21.2. The van der Waals surface area contributed by atoms with Crippen molar-refractivity contribution >= 4 is 14.3 Å². The molecule has 0 radical (unpaired) electrons. The third-order valence-corrected chi connectivity index (χ3v) is 10.9. The van der Waals surface area contributed by atoms with E-state index in [0.29, 0.717) is 12.3 Å². The molecule has 1 aliphatic carbocycles. The largest absolute Gasteiger partial charge is 0.459 e. The van der Waals surface area contributed by atoms with Crippen LogP contribution in [-0.2, 0) is 14.0 Å². The summed E-state index contributed by atoms with van der Waals surface area (Å²) in [5, 5.41) is 11.0. The number of methoxy groups -OCH3 is 1. The van der Waals surface area contributed by atoms with Crippen LogP contribution in [0.15, 0.2) is 36.0 Å². The van der Waals surface area contributed by atoms with Gasteiger partial charge >= 0.3 is 5.97 Å². The Hall–Kier alpha value is -1.61. The van der Waals surface area contributed by atoms with Crippen LogP contribution in [0.5, 0.6) is 0 Å². The van der Waals surface area contributed by atoms with E-state index in [2.05, 4.69) is 75.6 Å². The number of aliphatic hydroxyl groups excluding tert-OH is 1. The maximum absolute atomic E-state index is 11.4. The second-order valence-electron chi connectivity index (χ2n) is 9.99. The van der Waals surface area contributed by atoms with Gasteiger partial charge in [0.2, 0.25) is 0 Å². The van der Waals surface area contributed by atoms with E-state index >= 15 is 0 Å². The van der Waals surface area contributed by atoms with E-state index < -0.39 is 25.8 Å². The minimum absolute atomic E-state index is 0.0628. The highest BCUT2D eigenvalue weighted by Crippen LogP contribution is 2.48. The van der Waals surface area contributed by atoms with E-state index in [1.807, 2.05) is 26.0 Å². The normalized spacial score (nSPS) is 24.5. The van der Waals surface area contributed by atoms with Crippen molar-refractivity contribution in [3.63, 3.8) is 0 Å². The molecule has 0 amide bonds. The second-order valence-corrected chi connectivity index (χ2v) is 14.7. The highest BCUT2D eigenvalue weighted by Gasteiger charge is 2.46. The number of allylic oxidation sites excluding steroid dienone is 4. The molecule has 0 fully saturated rings. The van der Waals surface area contributed by atoms with Crippen LogP contribution in [0.1, 0.15) is 54.4 Å². The summed E-state index contributed by atoms with van der Waals surface area (Å²) < 4.78 is 11.2. The summed E-state index contributed by atoms with van der Waals surface area (Å²) in [6.45, 7) is 17.3. The van der Waals surface area contributed by atoms with Crippen molar-refractivity contribution in [3.8, 4) is 11.8 Å². The number of carbonyl (C=O) groups is 1. The summed E-state index contributed by atoms with van der Waals surface area (Å²) in [7, 11) is -0.679. The molecule has 4 atom stereocenters. The number of hydrogen-bond donors (Lipinski definition) is 1. The van der Waals surface area contributed by atoms with E-state index in [0.717, 1.165) is 12.0 Å². The van der Waals surface area contributed by atoms with Gasteiger partial charge in [-0.1, -0.05) is 76.5 Å². The van der Waals surface area contributed by atoms with E-state index in [1.54, 1.807) is 0 Å². The fraction of sp³-hybridized carbons (Fsp3) is 0.640. The van der Waals surface area contributed by atoms with E-state index in [-0.39, 0.29) is 11.1 Å². The number of carbonyl (C=O) groups excluding carboxylic acids is 1. The molecule has 1 aliphatic rings. The van der Waals surface area contributed by atoms with Crippen molar-refractivity contribution in [2.24, 2.45) is 11.3 Å². The van der Waals surface area contributed by atoms with Crippen LogP contribution in [0.4, 0.5) is 0 Å². The molecule has 0 aromatic rings. The van der Waals surface area contributed by atoms with Gasteiger partial charge in [0.15, 0.2) is 8.32 Å². The maximum atomic E-state index is 11.4. The Kier molecular flexibility index (Phi) is 9.35. The zero-order chi connectivity index (χ0) is 23.2. The Morgan fingerprint density at radius 3 is 2.57 bits per heavy atom. The molecule has 1 N–H and O–H groups in total. The van der Waals surface area contributed by atoms with Crippen molar-refractivity contribution in [3.05, 3.63) is 36.0 Å². The first-order chi connectivity index (χ1) is 13.8. The second kappa shape index (κ2) is 10.6. The van der Waals surface area contributed by atoms with Gasteiger partial charge in [-0.15, -0.1) is 0 Å². The SMILES string of the molecule is C/C=C/C=C/[C@@H](C)CC1=C[C@H](O[Si](C)(C)C(C)(C)C)C[C@]1(C)C(O)C#CC(=O)OC. The molecule has 1 unspecified atom stereocenters. The van der Waals surface area contributed by atoms with Crippen LogP contribution in [-0.4, -0.2) is 38.7 Å². The lowest BCUT2D eigenvalue weighted by molar-refractivity contribution is -0.133. The fourth-order valence-corrected chi connectivity index (χ4v) is 4.62.